The van der Waals surface area contributed by atoms with Crippen LogP contribution in [0.15, 0.2) is 53.4 Å². The predicted molar refractivity (Wildman–Crippen MR) is 119 cm³/mol. The molecule has 0 saturated carbocycles. The summed E-state index contributed by atoms with van der Waals surface area (Å²) in [5.74, 6) is -1.91. The standard InChI is InChI=1S/C21H17BrF2N6OS/c1-21(12-9-26-30(2)10-12,16-4-3-5-17(22)27-16)11-25-18(31)20-29-28-19(32-20)14-7-6-13(23)8-15(14)24/h3-10H,11H2,1-2H3,(H,25,31). The molecule has 11 heteroatoms. The molecule has 0 fully saturated rings. The van der Waals surface area contributed by atoms with E-state index in [-0.39, 0.29) is 22.1 Å². The number of pyridine rings is 1. The molecule has 3 aromatic heterocycles. The molecule has 1 amide bonds. The fourth-order valence-electron chi connectivity index (χ4n) is 3.18. The molecule has 164 valence electrons. The third-order valence-corrected chi connectivity index (χ3v) is 6.40. The molecule has 4 aromatic rings. The van der Waals surface area contributed by atoms with E-state index in [0.29, 0.717) is 4.60 Å². The number of carbonyl (C=O) groups excluding carboxylic acids is 1. The molecular formula is C21H17BrF2N6OS. The summed E-state index contributed by atoms with van der Waals surface area (Å²) in [5.41, 5.74) is 1.02. The van der Waals surface area contributed by atoms with Gasteiger partial charge in [-0.1, -0.05) is 17.4 Å². The number of rotatable bonds is 6. The number of hydrogen-bond donors (Lipinski definition) is 1. The summed E-state index contributed by atoms with van der Waals surface area (Å²) in [6.07, 6.45) is 3.60. The van der Waals surface area contributed by atoms with Crippen molar-refractivity contribution in [3.8, 4) is 10.6 Å². The predicted octanol–water partition coefficient (Wildman–Crippen LogP) is 4.11. The Balaban J connectivity index is 1.58. The average Bonchev–Trinajstić information content (AvgIpc) is 3.41. The van der Waals surface area contributed by atoms with Gasteiger partial charge in [-0.25, -0.2) is 13.8 Å². The van der Waals surface area contributed by atoms with Crippen molar-refractivity contribution in [2.75, 3.05) is 6.54 Å². The molecule has 0 aliphatic rings. The first-order valence-electron chi connectivity index (χ1n) is 9.45. The summed E-state index contributed by atoms with van der Waals surface area (Å²) < 4.78 is 29.6. The van der Waals surface area contributed by atoms with E-state index >= 15 is 0 Å². The van der Waals surface area contributed by atoms with E-state index in [1.807, 2.05) is 38.4 Å². The highest BCUT2D eigenvalue weighted by molar-refractivity contribution is 9.10. The first-order chi connectivity index (χ1) is 15.3. The molecule has 3 heterocycles. The summed E-state index contributed by atoms with van der Waals surface area (Å²) in [6, 6.07) is 8.74. The van der Waals surface area contributed by atoms with Gasteiger partial charge in [-0.3, -0.25) is 9.48 Å². The first-order valence-corrected chi connectivity index (χ1v) is 11.1. The molecule has 0 bridgehead atoms. The van der Waals surface area contributed by atoms with Gasteiger partial charge in [-0.2, -0.15) is 5.10 Å². The normalized spacial score (nSPS) is 13.0. The third-order valence-electron chi connectivity index (χ3n) is 5.01. The van der Waals surface area contributed by atoms with Crippen LogP contribution < -0.4 is 5.32 Å². The highest BCUT2D eigenvalue weighted by Gasteiger charge is 2.33. The summed E-state index contributed by atoms with van der Waals surface area (Å²) in [4.78, 5) is 17.4. The molecule has 0 spiro atoms. The van der Waals surface area contributed by atoms with E-state index in [1.54, 1.807) is 10.9 Å². The molecule has 4 rings (SSSR count). The zero-order valence-corrected chi connectivity index (χ0v) is 19.4. The number of aryl methyl sites for hydroxylation is 1. The van der Waals surface area contributed by atoms with Crippen LogP contribution in [-0.4, -0.2) is 37.4 Å². The van der Waals surface area contributed by atoms with Gasteiger partial charge >= 0.3 is 0 Å². The summed E-state index contributed by atoms with van der Waals surface area (Å²) >= 11 is 4.32. The van der Waals surface area contributed by atoms with Crippen LogP contribution in [0.2, 0.25) is 0 Å². The SMILES string of the molecule is Cn1cc(C(C)(CNC(=O)c2nnc(-c3ccc(F)cc3F)s2)c2cccc(Br)n2)cn1. The smallest absolute Gasteiger partial charge is 0.282 e. The van der Waals surface area contributed by atoms with E-state index in [0.717, 1.165) is 34.7 Å². The van der Waals surface area contributed by atoms with E-state index in [1.165, 1.54) is 6.07 Å². The van der Waals surface area contributed by atoms with Crippen LogP contribution in [0.4, 0.5) is 8.78 Å². The molecule has 1 unspecified atom stereocenters. The second-order valence-electron chi connectivity index (χ2n) is 7.30. The highest BCUT2D eigenvalue weighted by atomic mass is 79.9. The Kier molecular flexibility index (Phi) is 6.11. The summed E-state index contributed by atoms with van der Waals surface area (Å²) in [5, 5.41) is 15.1. The van der Waals surface area contributed by atoms with Crippen LogP contribution in [0.1, 0.15) is 28.0 Å². The lowest BCUT2D eigenvalue weighted by Crippen LogP contribution is -2.40. The second kappa shape index (κ2) is 8.83. The van der Waals surface area contributed by atoms with E-state index < -0.39 is 23.0 Å². The van der Waals surface area contributed by atoms with Crippen molar-refractivity contribution in [1.82, 2.24) is 30.3 Å². The van der Waals surface area contributed by atoms with Gasteiger partial charge in [0.25, 0.3) is 5.91 Å². The van der Waals surface area contributed by atoms with Crippen molar-refractivity contribution in [3.63, 3.8) is 0 Å². The molecule has 7 nitrogen and oxygen atoms in total. The fraction of sp³-hybridized carbons (Fsp3) is 0.190. The van der Waals surface area contributed by atoms with Gasteiger partial charge < -0.3 is 5.32 Å². The monoisotopic (exact) mass is 518 g/mol. The largest absolute Gasteiger partial charge is 0.349 e. The molecule has 1 N–H and O–H groups in total. The van der Waals surface area contributed by atoms with Crippen LogP contribution in [0, 0.1) is 11.6 Å². The summed E-state index contributed by atoms with van der Waals surface area (Å²) in [6.45, 7) is 2.17. The molecule has 1 aromatic carbocycles. The average molecular weight is 519 g/mol. The fourth-order valence-corrected chi connectivity index (χ4v) is 4.31. The highest BCUT2D eigenvalue weighted by Crippen LogP contribution is 2.31. The van der Waals surface area contributed by atoms with Crippen LogP contribution in [-0.2, 0) is 12.5 Å². The molecule has 0 radical (unpaired) electrons. The van der Waals surface area contributed by atoms with Crippen molar-refractivity contribution >= 4 is 33.2 Å². The maximum atomic E-state index is 14.0. The number of halogens is 3. The molecule has 0 aliphatic carbocycles. The molecule has 0 saturated heterocycles. The zero-order valence-electron chi connectivity index (χ0n) is 17.0. The Labute approximate surface area is 194 Å². The van der Waals surface area contributed by atoms with Crippen LogP contribution >= 0.6 is 27.3 Å². The maximum absolute atomic E-state index is 14.0. The molecule has 32 heavy (non-hydrogen) atoms. The van der Waals surface area contributed by atoms with Crippen LogP contribution in [0.5, 0.6) is 0 Å². The first kappa shape index (κ1) is 22.2. The summed E-state index contributed by atoms with van der Waals surface area (Å²) in [7, 11) is 1.81. The lowest BCUT2D eigenvalue weighted by Gasteiger charge is -2.28. The van der Waals surface area contributed by atoms with Crippen molar-refractivity contribution in [2.24, 2.45) is 7.05 Å². The molecular weight excluding hydrogens is 502 g/mol. The number of hydrogen-bond acceptors (Lipinski definition) is 6. The van der Waals surface area contributed by atoms with Crippen LogP contribution in [0.25, 0.3) is 10.6 Å². The van der Waals surface area contributed by atoms with Crippen molar-refractivity contribution in [3.05, 3.63) is 81.3 Å². The Morgan fingerprint density at radius 2 is 2.06 bits per heavy atom. The molecule has 1 atom stereocenters. The van der Waals surface area contributed by atoms with Gasteiger partial charge in [0.15, 0.2) is 5.01 Å². The lowest BCUT2D eigenvalue weighted by atomic mass is 9.80. The van der Waals surface area contributed by atoms with Gasteiger partial charge in [-0.15, -0.1) is 10.2 Å². The quantitative estimate of drug-likeness (QED) is 0.388. The van der Waals surface area contributed by atoms with E-state index in [4.69, 9.17) is 0 Å². The maximum Gasteiger partial charge on any atom is 0.282 e. The third kappa shape index (κ3) is 4.44. The van der Waals surface area contributed by atoms with Gasteiger partial charge in [0.2, 0.25) is 5.01 Å². The van der Waals surface area contributed by atoms with Crippen molar-refractivity contribution in [1.29, 1.82) is 0 Å². The minimum Gasteiger partial charge on any atom is -0.349 e. The van der Waals surface area contributed by atoms with Gasteiger partial charge in [-0.05, 0) is 47.1 Å². The van der Waals surface area contributed by atoms with Crippen molar-refractivity contribution in [2.45, 2.75) is 12.3 Å². The van der Waals surface area contributed by atoms with E-state index in [2.05, 4.69) is 41.5 Å². The number of aromatic nitrogens is 5. The minimum atomic E-state index is -0.766. The second-order valence-corrected chi connectivity index (χ2v) is 9.09. The van der Waals surface area contributed by atoms with Gasteiger partial charge in [0.05, 0.1) is 17.3 Å². The Hall–Kier alpha value is -3.05. The topological polar surface area (TPSA) is 85.6 Å². The number of nitrogens with zero attached hydrogens (tertiary/aromatic N) is 5. The Morgan fingerprint density at radius 1 is 1.25 bits per heavy atom. The number of carbonyl (C=O) groups is 1. The van der Waals surface area contributed by atoms with Gasteiger partial charge in [0, 0.05) is 37.0 Å². The minimum absolute atomic E-state index is 0.0689. The number of benzene rings is 1. The van der Waals surface area contributed by atoms with Crippen molar-refractivity contribution < 1.29 is 13.6 Å². The lowest BCUT2D eigenvalue weighted by molar-refractivity contribution is 0.0946. The van der Waals surface area contributed by atoms with Gasteiger partial charge in [0.1, 0.15) is 16.2 Å². The zero-order chi connectivity index (χ0) is 22.9. The number of nitrogens with one attached hydrogen (secondary N) is 1. The Bertz CT molecular complexity index is 1290. The Morgan fingerprint density at radius 3 is 2.75 bits per heavy atom. The number of amides is 1. The molecule has 0 aliphatic heterocycles. The van der Waals surface area contributed by atoms with E-state index in [9.17, 15) is 13.6 Å². The van der Waals surface area contributed by atoms with Crippen LogP contribution in [0.3, 0.4) is 0 Å².